The molecule has 0 aromatic carbocycles. The average molecular weight is 333 g/mol. The number of amides is 2. The average Bonchev–Trinajstić information content (AvgIpc) is 2.65. The largest absolute Gasteiger partial charge is 0.381 e. The van der Waals surface area contributed by atoms with Crippen LogP contribution in [0.15, 0.2) is 24.5 Å². The molecule has 0 aliphatic heterocycles. The van der Waals surface area contributed by atoms with Gasteiger partial charge in [-0.2, -0.15) is 0 Å². The number of carbonyl (C=O) groups is 2. The van der Waals surface area contributed by atoms with Gasteiger partial charge in [0.25, 0.3) is 11.8 Å². The van der Waals surface area contributed by atoms with Gasteiger partial charge in [0.15, 0.2) is 6.10 Å². The van der Waals surface area contributed by atoms with Crippen LogP contribution in [0, 0.1) is 5.92 Å². The van der Waals surface area contributed by atoms with Crippen LogP contribution in [-0.2, 0) is 4.79 Å². The Bertz CT molecular complexity index is 530. The van der Waals surface area contributed by atoms with Crippen LogP contribution in [0.2, 0.25) is 0 Å². The van der Waals surface area contributed by atoms with Crippen LogP contribution < -0.4 is 10.6 Å². The second-order valence-electron chi connectivity index (χ2n) is 6.42. The van der Waals surface area contributed by atoms with Crippen LogP contribution in [0.5, 0.6) is 0 Å². The zero-order valence-electron chi connectivity index (χ0n) is 14.2. The Morgan fingerprint density at radius 2 is 1.92 bits per heavy atom. The maximum atomic E-state index is 12.2. The molecule has 1 aromatic rings. The van der Waals surface area contributed by atoms with Gasteiger partial charge in [-0.05, 0) is 37.3 Å². The van der Waals surface area contributed by atoms with E-state index in [0.717, 1.165) is 12.8 Å². The van der Waals surface area contributed by atoms with E-state index in [9.17, 15) is 14.7 Å². The van der Waals surface area contributed by atoms with E-state index in [1.54, 1.807) is 12.1 Å². The van der Waals surface area contributed by atoms with Gasteiger partial charge in [-0.15, -0.1) is 0 Å². The second kappa shape index (κ2) is 9.37. The maximum absolute atomic E-state index is 12.2. The van der Waals surface area contributed by atoms with E-state index in [-0.39, 0.29) is 5.91 Å². The molecule has 0 saturated heterocycles. The van der Waals surface area contributed by atoms with Crippen molar-refractivity contribution in [2.24, 2.45) is 5.92 Å². The number of carbonyl (C=O) groups excluding carboxylic acids is 2. The summed E-state index contributed by atoms with van der Waals surface area (Å²) in [6.07, 6.45) is 8.24. The first-order chi connectivity index (χ1) is 11.6. The van der Waals surface area contributed by atoms with E-state index < -0.39 is 18.1 Å². The highest BCUT2D eigenvalue weighted by atomic mass is 16.3. The van der Waals surface area contributed by atoms with Gasteiger partial charge < -0.3 is 15.7 Å². The Hall–Kier alpha value is -1.95. The van der Waals surface area contributed by atoms with Gasteiger partial charge in [-0.25, -0.2) is 0 Å². The van der Waals surface area contributed by atoms with Crippen molar-refractivity contribution in [3.63, 3.8) is 0 Å². The molecule has 6 heteroatoms. The normalized spacial score (nSPS) is 17.8. The Morgan fingerprint density at radius 3 is 2.54 bits per heavy atom. The minimum absolute atomic E-state index is 0.316. The van der Waals surface area contributed by atoms with Crippen molar-refractivity contribution in [1.82, 2.24) is 15.6 Å². The summed E-state index contributed by atoms with van der Waals surface area (Å²) in [5.41, 5.74) is 0.457. The molecule has 24 heavy (non-hydrogen) atoms. The Labute approximate surface area is 143 Å². The third kappa shape index (κ3) is 5.30. The number of hydrogen-bond acceptors (Lipinski definition) is 4. The van der Waals surface area contributed by atoms with Crippen LogP contribution in [0.1, 0.15) is 55.8 Å². The predicted octanol–water partition coefficient (Wildman–Crippen LogP) is 1.65. The third-order valence-corrected chi connectivity index (χ3v) is 4.64. The van der Waals surface area contributed by atoms with Crippen molar-refractivity contribution in [1.29, 1.82) is 0 Å². The summed E-state index contributed by atoms with van der Waals surface area (Å²) in [5, 5.41) is 15.8. The number of aliphatic hydroxyl groups is 1. The van der Waals surface area contributed by atoms with Gasteiger partial charge in [0.1, 0.15) is 0 Å². The first kappa shape index (κ1) is 18.4. The summed E-state index contributed by atoms with van der Waals surface area (Å²) >= 11 is 0. The van der Waals surface area contributed by atoms with Crippen molar-refractivity contribution >= 4 is 11.8 Å². The standard InChI is InChI=1S/C18H27N3O3/c1-2-15(21-17(23)14-8-10-19-11-9-14)16(22)18(24)20-12-13-6-4-3-5-7-13/h8-11,13,15-16,22H,2-7,12H2,1H3,(H,20,24)(H,21,23). The molecule has 1 heterocycles. The summed E-state index contributed by atoms with van der Waals surface area (Å²) in [7, 11) is 0. The number of hydrogen-bond donors (Lipinski definition) is 3. The highest BCUT2D eigenvalue weighted by Crippen LogP contribution is 2.22. The Balaban J connectivity index is 1.84. The molecule has 0 bridgehead atoms. The summed E-state index contributed by atoms with van der Waals surface area (Å²) in [6.45, 7) is 2.43. The Morgan fingerprint density at radius 1 is 1.25 bits per heavy atom. The van der Waals surface area contributed by atoms with Crippen LogP contribution in [0.3, 0.4) is 0 Å². The lowest BCUT2D eigenvalue weighted by Gasteiger charge is -2.25. The van der Waals surface area contributed by atoms with E-state index in [1.165, 1.54) is 31.7 Å². The minimum atomic E-state index is -1.25. The molecule has 1 saturated carbocycles. The van der Waals surface area contributed by atoms with E-state index in [2.05, 4.69) is 15.6 Å². The number of aliphatic hydroxyl groups excluding tert-OH is 1. The molecule has 0 spiro atoms. The molecule has 1 fully saturated rings. The molecule has 2 amide bonds. The topological polar surface area (TPSA) is 91.3 Å². The van der Waals surface area contributed by atoms with Crippen LogP contribution in [-0.4, -0.2) is 40.6 Å². The highest BCUT2D eigenvalue weighted by Gasteiger charge is 2.27. The fourth-order valence-corrected chi connectivity index (χ4v) is 3.08. The van der Waals surface area contributed by atoms with Gasteiger partial charge in [0.2, 0.25) is 0 Å². The molecule has 6 nitrogen and oxygen atoms in total. The van der Waals surface area contributed by atoms with Gasteiger partial charge in [-0.3, -0.25) is 14.6 Å². The Kier molecular flexibility index (Phi) is 7.18. The van der Waals surface area contributed by atoms with Crippen molar-refractivity contribution in [3.05, 3.63) is 30.1 Å². The third-order valence-electron chi connectivity index (χ3n) is 4.64. The second-order valence-corrected chi connectivity index (χ2v) is 6.42. The molecule has 1 aliphatic carbocycles. The van der Waals surface area contributed by atoms with Crippen molar-refractivity contribution in [2.45, 2.75) is 57.6 Å². The molecule has 2 atom stereocenters. The first-order valence-corrected chi connectivity index (χ1v) is 8.78. The molecule has 1 aliphatic rings. The van der Waals surface area contributed by atoms with Crippen LogP contribution >= 0.6 is 0 Å². The van der Waals surface area contributed by atoms with E-state index in [1.807, 2.05) is 6.92 Å². The van der Waals surface area contributed by atoms with Crippen molar-refractivity contribution in [3.8, 4) is 0 Å². The number of rotatable bonds is 7. The smallest absolute Gasteiger partial charge is 0.251 e. The number of nitrogens with one attached hydrogen (secondary N) is 2. The number of aromatic nitrogens is 1. The summed E-state index contributed by atoms with van der Waals surface area (Å²) < 4.78 is 0. The predicted molar refractivity (Wildman–Crippen MR) is 91.4 cm³/mol. The molecular weight excluding hydrogens is 306 g/mol. The summed E-state index contributed by atoms with van der Waals surface area (Å²) in [5.74, 6) is -0.229. The zero-order valence-corrected chi connectivity index (χ0v) is 14.2. The minimum Gasteiger partial charge on any atom is -0.381 e. The zero-order chi connectivity index (χ0) is 17.4. The lowest BCUT2D eigenvalue weighted by atomic mass is 9.89. The van der Waals surface area contributed by atoms with Gasteiger partial charge in [0.05, 0.1) is 6.04 Å². The molecule has 2 rings (SSSR count). The van der Waals surface area contributed by atoms with E-state index in [4.69, 9.17) is 0 Å². The number of pyridine rings is 1. The summed E-state index contributed by atoms with van der Waals surface area (Å²) in [6, 6.07) is 2.58. The van der Waals surface area contributed by atoms with E-state index >= 15 is 0 Å². The van der Waals surface area contributed by atoms with Gasteiger partial charge in [0, 0.05) is 24.5 Å². The van der Waals surface area contributed by atoms with Crippen molar-refractivity contribution in [2.75, 3.05) is 6.54 Å². The fourth-order valence-electron chi connectivity index (χ4n) is 3.08. The highest BCUT2D eigenvalue weighted by molar-refractivity contribution is 5.94. The van der Waals surface area contributed by atoms with E-state index in [0.29, 0.717) is 24.4 Å². The van der Waals surface area contributed by atoms with Gasteiger partial charge in [-0.1, -0.05) is 26.2 Å². The molecule has 0 radical (unpaired) electrons. The quantitative estimate of drug-likeness (QED) is 0.707. The first-order valence-electron chi connectivity index (χ1n) is 8.78. The summed E-state index contributed by atoms with van der Waals surface area (Å²) in [4.78, 5) is 28.2. The molecular formula is C18H27N3O3. The lowest BCUT2D eigenvalue weighted by Crippen LogP contribution is -2.51. The van der Waals surface area contributed by atoms with Gasteiger partial charge >= 0.3 is 0 Å². The molecule has 2 unspecified atom stereocenters. The van der Waals surface area contributed by atoms with Crippen LogP contribution in [0.25, 0.3) is 0 Å². The lowest BCUT2D eigenvalue weighted by molar-refractivity contribution is -0.130. The maximum Gasteiger partial charge on any atom is 0.251 e. The SMILES string of the molecule is CCC(NC(=O)c1ccncc1)C(O)C(=O)NCC1CCCCC1. The monoisotopic (exact) mass is 333 g/mol. The van der Waals surface area contributed by atoms with Crippen molar-refractivity contribution < 1.29 is 14.7 Å². The molecule has 3 N–H and O–H groups in total. The molecule has 1 aromatic heterocycles. The van der Waals surface area contributed by atoms with Crippen LogP contribution in [0.4, 0.5) is 0 Å². The fraction of sp³-hybridized carbons (Fsp3) is 0.611. The number of nitrogens with zero attached hydrogens (tertiary/aromatic N) is 1. The molecule has 132 valence electrons.